The summed E-state index contributed by atoms with van der Waals surface area (Å²) in [7, 11) is 0. The molecule has 28 heavy (non-hydrogen) atoms. The van der Waals surface area contributed by atoms with Gasteiger partial charge in [0, 0.05) is 12.1 Å². The lowest BCUT2D eigenvalue weighted by molar-refractivity contribution is -0.140. The fourth-order valence-corrected chi connectivity index (χ4v) is 3.50. The Morgan fingerprint density at radius 1 is 1.07 bits per heavy atom. The molecule has 1 aliphatic heterocycles. The van der Waals surface area contributed by atoms with Crippen LogP contribution >= 0.6 is 0 Å². The number of rotatable bonds is 5. The van der Waals surface area contributed by atoms with Crippen molar-refractivity contribution in [3.63, 3.8) is 0 Å². The lowest BCUT2D eigenvalue weighted by Gasteiger charge is -2.26. The number of Topliss-reactive ketones (excluding diaryl/α,β-unsaturated/α-hetero) is 1. The van der Waals surface area contributed by atoms with Gasteiger partial charge in [-0.05, 0) is 31.4 Å². The van der Waals surface area contributed by atoms with Crippen LogP contribution in [-0.2, 0) is 16.0 Å². The fraction of sp³-hybridized carbons (Fsp3) is 0.304. The van der Waals surface area contributed by atoms with Gasteiger partial charge >= 0.3 is 0 Å². The standard InChI is InChI=1S/C23H25NO4/c1-4-16-7-11-17(12-8-16)20-19(21(26)18-9-5-14(2)6-10-18)22(27)23(28)24(20)13-15(3)25/h5-12,15,20,25-26H,4,13H2,1-3H3/t15-,20-/m1/s1. The predicted molar refractivity (Wildman–Crippen MR) is 108 cm³/mol. The summed E-state index contributed by atoms with van der Waals surface area (Å²) in [6.07, 6.45) is 0.0763. The van der Waals surface area contributed by atoms with E-state index in [1.165, 1.54) is 4.90 Å². The Morgan fingerprint density at radius 3 is 2.21 bits per heavy atom. The first-order valence-electron chi connectivity index (χ1n) is 9.45. The Bertz CT molecular complexity index is 911. The van der Waals surface area contributed by atoms with Gasteiger partial charge in [-0.25, -0.2) is 0 Å². The van der Waals surface area contributed by atoms with Crippen molar-refractivity contribution in [2.45, 2.75) is 39.3 Å². The monoisotopic (exact) mass is 379 g/mol. The first-order chi connectivity index (χ1) is 13.3. The molecule has 1 saturated heterocycles. The number of aliphatic hydroxyl groups excluding tert-OH is 2. The van der Waals surface area contributed by atoms with E-state index < -0.39 is 23.8 Å². The number of hydrogen-bond donors (Lipinski definition) is 2. The van der Waals surface area contributed by atoms with Gasteiger partial charge in [0.2, 0.25) is 0 Å². The van der Waals surface area contributed by atoms with Crippen LogP contribution in [0.2, 0.25) is 0 Å². The number of carbonyl (C=O) groups is 2. The first-order valence-corrected chi connectivity index (χ1v) is 9.45. The van der Waals surface area contributed by atoms with Gasteiger partial charge in [-0.2, -0.15) is 0 Å². The van der Waals surface area contributed by atoms with E-state index in [-0.39, 0.29) is 17.9 Å². The lowest BCUT2D eigenvalue weighted by Crippen LogP contribution is -2.35. The molecule has 3 rings (SSSR count). The van der Waals surface area contributed by atoms with Gasteiger partial charge in [-0.3, -0.25) is 9.59 Å². The van der Waals surface area contributed by atoms with E-state index >= 15 is 0 Å². The average molecular weight is 379 g/mol. The largest absolute Gasteiger partial charge is 0.507 e. The zero-order valence-corrected chi connectivity index (χ0v) is 16.3. The summed E-state index contributed by atoms with van der Waals surface area (Å²) in [5, 5.41) is 20.8. The first kappa shape index (κ1) is 19.8. The molecule has 2 N–H and O–H groups in total. The number of nitrogens with zero attached hydrogens (tertiary/aromatic N) is 1. The van der Waals surface area contributed by atoms with Crippen LogP contribution in [-0.4, -0.2) is 39.5 Å². The van der Waals surface area contributed by atoms with Gasteiger partial charge in [0.1, 0.15) is 5.76 Å². The zero-order chi connectivity index (χ0) is 20.4. The van der Waals surface area contributed by atoms with Crippen molar-refractivity contribution in [2.75, 3.05) is 6.54 Å². The van der Waals surface area contributed by atoms with Gasteiger partial charge in [-0.1, -0.05) is 61.0 Å². The minimum atomic E-state index is -0.796. The highest BCUT2D eigenvalue weighted by molar-refractivity contribution is 6.46. The molecule has 5 heteroatoms. The number of ketones is 1. The minimum absolute atomic E-state index is 0.00937. The van der Waals surface area contributed by atoms with E-state index in [1.807, 2.05) is 50.2 Å². The summed E-state index contributed by atoms with van der Waals surface area (Å²) in [4.78, 5) is 26.8. The maximum Gasteiger partial charge on any atom is 0.295 e. The summed E-state index contributed by atoms with van der Waals surface area (Å²) in [6.45, 7) is 5.55. The van der Waals surface area contributed by atoms with E-state index in [4.69, 9.17) is 0 Å². The van der Waals surface area contributed by atoms with Crippen LogP contribution in [0.3, 0.4) is 0 Å². The predicted octanol–water partition coefficient (Wildman–Crippen LogP) is 3.36. The molecule has 0 unspecified atom stereocenters. The second kappa shape index (κ2) is 7.98. The maximum absolute atomic E-state index is 12.8. The average Bonchev–Trinajstić information content (AvgIpc) is 2.92. The summed E-state index contributed by atoms with van der Waals surface area (Å²) in [6, 6.07) is 14.0. The van der Waals surface area contributed by atoms with Crippen molar-refractivity contribution in [1.29, 1.82) is 0 Å². The molecular weight excluding hydrogens is 354 g/mol. The molecule has 0 aromatic heterocycles. The molecule has 0 saturated carbocycles. The number of β-amino-alcohol motifs (C(OH)–C–C–N with tert-alkyl or cyclic N) is 1. The normalized spacial score (nSPS) is 19.9. The summed E-state index contributed by atoms with van der Waals surface area (Å²) in [5.41, 5.74) is 3.42. The van der Waals surface area contributed by atoms with Gasteiger partial charge in [0.15, 0.2) is 0 Å². The molecule has 1 heterocycles. The number of aliphatic hydroxyl groups is 2. The molecule has 1 amide bonds. The van der Waals surface area contributed by atoms with E-state index in [1.54, 1.807) is 19.1 Å². The Labute approximate surface area is 164 Å². The molecule has 146 valence electrons. The van der Waals surface area contributed by atoms with Crippen molar-refractivity contribution in [1.82, 2.24) is 4.90 Å². The summed E-state index contributed by atoms with van der Waals surface area (Å²) >= 11 is 0. The minimum Gasteiger partial charge on any atom is -0.507 e. The molecule has 2 aromatic carbocycles. The number of amides is 1. The molecular formula is C23H25NO4. The number of hydrogen-bond acceptors (Lipinski definition) is 4. The number of carbonyl (C=O) groups excluding carboxylic acids is 2. The molecule has 1 aliphatic rings. The summed E-state index contributed by atoms with van der Waals surface area (Å²) < 4.78 is 0. The lowest BCUT2D eigenvalue weighted by atomic mass is 9.94. The van der Waals surface area contributed by atoms with Crippen molar-refractivity contribution in [3.05, 3.63) is 76.4 Å². The molecule has 2 atom stereocenters. The Morgan fingerprint density at radius 2 is 1.68 bits per heavy atom. The van der Waals surface area contributed by atoms with Crippen LogP contribution < -0.4 is 0 Å². The van der Waals surface area contributed by atoms with Crippen molar-refractivity contribution < 1.29 is 19.8 Å². The van der Waals surface area contributed by atoms with Crippen molar-refractivity contribution in [2.24, 2.45) is 0 Å². The molecule has 0 spiro atoms. The van der Waals surface area contributed by atoms with Crippen LogP contribution in [0.5, 0.6) is 0 Å². The SMILES string of the molecule is CCc1ccc([C@@H]2C(=C(O)c3ccc(C)cc3)C(=O)C(=O)N2C[C@@H](C)O)cc1. The van der Waals surface area contributed by atoms with E-state index in [0.29, 0.717) is 5.56 Å². The number of aryl methyl sites for hydroxylation is 2. The third-order valence-corrected chi connectivity index (χ3v) is 5.03. The maximum atomic E-state index is 12.8. The molecule has 0 radical (unpaired) electrons. The highest BCUT2D eigenvalue weighted by atomic mass is 16.3. The quantitative estimate of drug-likeness (QED) is 0.474. The smallest absolute Gasteiger partial charge is 0.295 e. The fourth-order valence-electron chi connectivity index (χ4n) is 3.50. The molecule has 5 nitrogen and oxygen atoms in total. The van der Waals surface area contributed by atoms with Gasteiger partial charge < -0.3 is 15.1 Å². The van der Waals surface area contributed by atoms with Gasteiger partial charge in [-0.15, -0.1) is 0 Å². The van der Waals surface area contributed by atoms with Crippen LogP contribution in [0.15, 0.2) is 54.1 Å². The molecule has 2 aromatic rings. The Hall–Kier alpha value is -2.92. The van der Waals surface area contributed by atoms with Crippen LogP contribution in [0, 0.1) is 6.92 Å². The second-order valence-electron chi connectivity index (χ2n) is 7.26. The van der Waals surface area contributed by atoms with Crippen LogP contribution in [0.4, 0.5) is 0 Å². The van der Waals surface area contributed by atoms with Gasteiger partial charge in [0.25, 0.3) is 11.7 Å². The van der Waals surface area contributed by atoms with Crippen molar-refractivity contribution in [3.8, 4) is 0 Å². The second-order valence-corrected chi connectivity index (χ2v) is 7.26. The highest BCUT2D eigenvalue weighted by Crippen LogP contribution is 2.39. The van der Waals surface area contributed by atoms with Crippen LogP contribution in [0.25, 0.3) is 5.76 Å². The zero-order valence-electron chi connectivity index (χ0n) is 16.3. The van der Waals surface area contributed by atoms with E-state index in [9.17, 15) is 19.8 Å². The van der Waals surface area contributed by atoms with Crippen molar-refractivity contribution >= 4 is 17.4 Å². The van der Waals surface area contributed by atoms with E-state index in [0.717, 1.165) is 23.1 Å². The van der Waals surface area contributed by atoms with Gasteiger partial charge in [0.05, 0.1) is 17.7 Å². The Kier molecular flexibility index (Phi) is 5.66. The Balaban J connectivity index is 2.16. The van der Waals surface area contributed by atoms with Crippen LogP contribution in [0.1, 0.15) is 42.1 Å². The topological polar surface area (TPSA) is 77.8 Å². The summed E-state index contributed by atoms with van der Waals surface area (Å²) in [5.74, 6) is -1.64. The number of likely N-dealkylation sites (tertiary alicyclic amines) is 1. The molecule has 1 fully saturated rings. The van der Waals surface area contributed by atoms with E-state index in [2.05, 4.69) is 0 Å². The molecule has 0 bridgehead atoms. The highest BCUT2D eigenvalue weighted by Gasteiger charge is 2.46. The number of benzene rings is 2. The third-order valence-electron chi connectivity index (χ3n) is 5.03. The third kappa shape index (κ3) is 3.71. The molecule has 0 aliphatic carbocycles.